The minimum absolute atomic E-state index is 0.0273. The summed E-state index contributed by atoms with van der Waals surface area (Å²) in [5.74, 6) is -1.00. The fourth-order valence-electron chi connectivity index (χ4n) is 2.33. The van der Waals surface area contributed by atoms with Crippen LogP contribution in [-0.2, 0) is 16.0 Å². The normalized spacial score (nSPS) is 22.9. The second-order valence-electron chi connectivity index (χ2n) is 4.69. The van der Waals surface area contributed by atoms with Crippen LogP contribution in [-0.4, -0.2) is 23.0 Å². The number of nitrogens with one attached hydrogen (secondary N) is 1. The predicted molar refractivity (Wildman–Crippen MR) is 69.5 cm³/mol. The third-order valence-electron chi connectivity index (χ3n) is 3.33. The van der Waals surface area contributed by atoms with E-state index >= 15 is 0 Å². The Bertz CT molecular complexity index is 416. The zero-order valence-corrected chi connectivity index (χ0v) is 10.9. The van der Waals surface area contributed by atoms with E-state index in [1.807, 2.05) is 17.5 Å². The summed E-state index contributed by atoms with van der Waals surface area (Å²) >= 11 is 1.65. The van der Waals surface area contributed by atoms with Crippen LogP contribution < -0.4 is 5.32 Å². The average molecular weight is 267 g/mol. The minimum atomic E-state index is -0.745. The van der Waals surface area contributed by atoms with Crippen LogP contribution >= 0.6 is 11.3 Å². The molecule has 0 radical (unpaired) electrons. The van der Waals surface area contributed by atoms with Gasteiger partial charge in [0.2, 0.25) is 5.91 Å². The Morgan fingerprint density at radius 3 is 2.89 bits per heavy atom. The first kappa shape index (κ1) is 13.1. The van der Waals surface area contributed by atoms with Crippen molar-refractivity contribution in [2.24, 2.45) is 5.92 Å². The SMILES string of the molecule is O=C(CCc1cccs1)N[C@@H]1CC[C@H](C(=O)O)C1. The van der Waals surface area contributed by atoms with Gasteiger partial charge in [0.25, 0.3) is 0 Å². The Labute approximate surface area is 110 Å². The summed E-state index contributed by atoms with van der Waals surface area (Å²) in [6, 6.07) is 4.04. The molecule has 1 fully saturated rings. The first-order valence-corrected chi connectivity index (χ1v) is 7.07. The first-order valence-electron chi connectivity index (χ1n) is 6.19. The van der Waals surface area contributed by atoms with Crippen molar-refractivity contribution in [1.82, 2.24) is 5.32 Å². The Kier molecular flexibility index (Phi) is 4.36. The van der Waals surface area contributed by atoms with Crippen LogP contribution in [0.3, 0.4) is 0 Å². The fourth-order valence-corrected chi connectivity index (χ4v) is 3.04. The molecule has 1 amide bonds. The zero-order chi connectivity index (χ0) is 13.0. The summed E-state index contributed by atoms with van der Waals surface area (Å²) in [5.41, 5.74) is 0. The fraction of sp³-hybridized carbons (Fsp3) is 0.538. The number of carbonyl (C=O) groups is 2. The zero-order valence-electron chi connectivity index (χ0n) is 10.1. The molecule has 1 aromatic heterocycles. The van der Waals surface area contributed by atoms with Crippen molar-refractivity contribution in [2.75, 3.05) is 0 Å². The van der Waals surface area contributed by atoms with Crippen molar-refractivity contribution in [2.45, 2.75) is 38.1 Å². The number of aryl methyl sites for hydroxylation is 1. The molecular formula is C13H17NO3S. The second-order valence-corrected chi connectivity index (χ2v) is 5.72. The molecule has 2 N–H and O–H groups in total. The molecule has 0 aliphatic heterocycles. The Morgan fingerprint density at radius 1 is 1.44 bits per heavy atom. The molecule has 2 rings (SSSR count). The smallest absolute Gasteiger partial charge is 0.306 e. The molecule has 1 aromatic rings. The van der Waals surface area contributed by atoms with Gasteiger partial charge in [0.1, 0.15) is 0 Å². The lowest BCUT2D eigenvalue weighted by Crippen LogP contribution is -2.33. The van der Waals surface area contributed by atoms with Crippen LogP contribution in [0, 0.1) is 5.92 Å². The molecule has 1 aliphatic carbocycles. The van der Waals surface area contributed by atoms with E-state index in [1.54, 1.807) is 11.3 Å². The van der Waals surface area contributed by atoms with E-state index in [4.69, 9.17) is 5.11 Å². The van der Waals surface area contributed by atoms with Crippen LogP contribution in [0.25, 0.3) is 0 Å². The molecule has 0 saturated heterocycles. The molecule has 0 bridgehead atoms. The summed E-state index contributed by atoms with van der Waals surface area (Å²) in [5, 5.41) is 13.8. The highest BCUT2D eigenvalue weighted by Crippen LogP contribution is 2.25. The third kappa shape index (κ3) is 3.57. The summed E-state index contributed by atoms with van der Waals surface area (Å²) < 4.78 is 0. The van der Waals surface area contributed by atoms with Gasteiger partial charge in [0, 0.05) is 17.3 Å². The maximum Gasteiger partial charge on any atom is 0.306 e. The molecule has 0 spiro atoms. The second kappa shape index (κ2) is 6.00. The minimum Gasteiger partial charge on any atom is -0.481 e. The molecule has 18 heavy (non-hydrogen) atoms. The number of aliphatic carboxylic acids is 1. The monoisotopic (exact) mass is 267 g/mol. The highest BCUT2D eigenvalue weighted by Gasteiger charge is 2.30. The molecular weight excluding hydrogens is 250 g/mol. The summed E-state index contributed by atoms with van der Waals surface area (Å²) in [4.78, 5) is 23.7. The van der Waals surface area contributed by atoms with Gasteiger partial charge in [-0.3, -0.25) is 9.59 Å². The number of hydrogen-bond acceptors (Lipinski definition) is 3. The van der Waals surface area contributed by atoms with E-state index in [9.17, 15) is 9.59 Å². The Hall–Kier alpha value is -1.36. The van der Waals surface area contributed by atoms with Crippen molar-refractivity contribution >= 4 is 23.2 Å². The van der Waals surface area contributed by atoms with Crippen LogP contribution in [0.2, 0.25) is 0 Å². The number of carbonyl (C=O) groups excluding carboxylic acids is 1. The molecule has 2 atom stereocenters. The molecule has 0 aromatic carbocycles. The molecule has 5 heteroatoms. The number of hydrogen-bond donors (Lipinski definition) is 2. The van der Waals surface area contributed by atoms with E-state index < -0.39 is 5.97 Å². The highest BCUT2D eigenvalue weighted by atomic mass is 32.1. The quantitative estimate of drug-likeness (QED) is 0.858. The lowest BCUT2D eigenvalue weighted by Gasteiger charge is -2.12. The number of carboxylic acid groups (broad SMARTS) is 1. The number of rotatable bonds is 5. The maximum absolute atomic E-state index is 11.7. The Balaban J connectivity index is 1.70. The highest BCUT2D eigenvalue weighted by molar-refractivity contribution is 7.09. The van der Waals surface area contributed by atoms with Gasteiger partial charge in [0.05, 0.1) is 5.92 Å². The van der Waals surface area contributed by atoms with Gasteiger partial charge < -0.3 is 10.4 Å². The van der Waals surface area contributed by atoms with Gasteiger partial charge in [0.15, 0.2) is 0 Å². The Morgan fingerprint density at radius 2 is 2.28 bits per heavy atom. The molecule has 4 nitrogen and oxygen atoms in total. The predicted octanol–water partition coefficient (Wildman–Crippen LogP) is 2.05. The first-order chi connectivity index (χ1) is 8.65. The molecule has 98 valence electrons. The van der Waals surface area contributed by atoms with E-state index in [1.165, 1.54) is 4.88 Å². The van der Waals surface area contributed by atoms with Gasteiger partial charge in [-0.25, -0.2) is 0 Å². The van der Waals surface area contributed by atoms with Crippen molar-refractivity contribution in [3.05, 3.63) is 22.4 Å². The summed E-state index contributed by atoms with van der Waals surface area (Å²) in [6.45, 7) is 0. The number of thiophene rings is 1. The van der Waals surface area contributed by atoms with Gasteiger partial charge in [-0.15, -0.1) is 11.3 Å². The molecule has 1 aliphatic rings. The van der Waals surface area contributed by atoms with E-state index in [0.29, 0.717) is 19.3 Å². The van der Waals surface area contributed by atoms with Crippen LogP contribution in [0.1, 0.15) is 30.6 Å². The van der Waals surface area contributed by atoms with E-state index in [2.05, 4.69) is 5.32 Å². The molecule has 0 unspecified atom stereocenters. The van der Waals surface area contributed by atoms with Gasteiger partial charge in [-0.05, 0) is 37.1 Å². The van der Waals surface area contributed by atoms with Crippen molar-refractivity contribution in [3.63, 3.8) is 0 Å². The van der Waals surface area contributed by atoms with Crippen molar-refractivity contribution in [3.8, 4) is 0 Å². The van der Waals surface area contributed by atoms with Crippen molar-refractivity contribution < 1.29 is 14.7 Å². The van der Waals surface area contributed by atoms with Crippen LogP contribution in [0.4, 0.5) is 0 Å². The number of amides is 1. The van der Waals surface area contributed by atoms with Gasteiger partial charge in [-0.1, -0.05) is 6.07 Å². The largest absolute Gasteiger partial charge is 0.481 e. The van der Waals surface area contributed by atoms with Gasteiger partial charge >= 0.3 is 5.97 Å². The maximum atomic E-state index is 11.7. The average Bonchev–Trinajstić information content (AvgIpc) is 2.96. The molecule has 1 saturated carbocycles. The van der Waals surface area contributed by atoms with E-state index in [-0.39, 0.29) is 17.9 Å². The van der Waals surface area contributed by atoms with Crippen molar-refractivity contribution in [1.29, 1.82) is 0 Å². The summed E-state index contributed by atoms with van der Waals surface area (Å²) in [6.07, 6.45) is 3.26. The van der Waals surface area contributed by atoms with Gasteiger partial charge in [-0.2, -0.15) is 0 Å². The summed E-state index contributed by atoms with van der Waals surface area (Å²) in [7, 11) is 0. The lowest BCUT2D eigenvalue weighted by atomic mass is 10.1. The number of carboxylic acids is 1. The van der Waals surface area contributed by atoms with Crippen LogP contribution in [0.15, 0.2) is 17.5 Å². The molecule has 1 heterocycles. The topological polar surface area (TPSA) is 66.4 Å². The van der Waals surface area contributed by atoms with Crippen LogP contribution in [0.5, 0.6) is 0 Å². The lowest BCUT2D eigenvalue weighted by molar-refractivity contribution is -0.141. The van der Waals surface area contributed by atoms with E-state index in [0.717, 1.165) is 12.8 Å². The standard InChI is InChI=1S/C13H17NO3S/c15-12(6-5-11-2-1-7-18-11)14-10-4-3-9(8-10)13(16)17/h1-2,7,9-10H,3-6,8H2,(H,14,15)(H,16,17)/t9-,10+/m0/s1. The third-order valence-corrected chi connectivity index (χ3v) is 4.26.